The summed E-state index contributed by atoms with van der Waals surface area (Å²) in [4.78, 5) is 46.1. The largest absolute Gasteiger partial charge is 0.459 e. The van der Waals surface area contributed by atoms with Gasteiger partial charge in [0.1, 0.15) is 11.1 Å². The van der Waals surface area contributed by atoms with Gasteiger partial charge in [-0.2, -0.15) is 4.98 Å². The molecule has 0 aliphatic heterocycles. The predicted octanol–water partition coefficient (Wildman–Crippen LogP) is 2.24. The molecule has 0 saturated carbocycles. The zero-order valence-corrected chi connectivity index (χ0v) is 15.4. The number of carbonyl (C=O) groups is 3. The molecule has 140 valence electrons. The van der Waals surface area contributed by atoms with Gasteiger partial charge in [0.05, 0.1) is 12.0 Å². The second kappa shape index (κ2) is 7.41. The minimum absolute atomic E-state index is 0.0573. The molecule has 0 bridgehead atoms. The Morgan fingerprint density at radius 1 is 1.11 bits per heavy atom. The van der Waals surface area contributed by atoms with E-state index < -0.39 is 11.8 Å². The van der Waals surface area contributed by atoms with E-state index in [1.165, 1.54) is 17.2 Å². The van der Waals surface area contributed by atoms with Crippen molar-refractivity contribution in [3.05, 3.63) is 46.7 Å². The lowest BCUT2D eigenvalue weighted by Crippen LogP contribution is -2.21. The van der Waals surface area contributed by atoms with E-state index >= 15 is 0 Å². The first kappa shape index (κ1) is 18.3. The highest BCUT2D eigenvalue weighted by atomic mass is 32.1. The van der Waals surface area contributed by atoms with Gasteiger partial charge in [0, 0.05) is 14.1 Å². The van der Waals surface area contributed by atoms with Crippen molar-refractivity contribution < 1.29 is 23.2 Å². The lowest BCUT2D eigenvalue weighted by molar-refractivity contribution is 0.0830. The monoisotopic (exact) mass is 389 g/mol. The molecule has 0 aromatic carbocycles. The van der Waals surface area contributed by atoms with E-state index in [0.717, 1.165) is 17.6 Å². The lowest BCUT2D eigenvalue weighted by Gasteiger charge is -2.07. The Hall–Kier alpha value is -3.47. The molecule has 3 aromatic rings. The number of aromatic nitrogens is 2. The smallest absolute Gasteiger partial charge is 0.302 e. The minimum Gasteiger partial charge on any atom is -0.459 e. The van der Waals surface area contributed by atoms with Crippen molar-refractivity contribution in [3.63, 3.8) is 0 Å². The zero-order chi connectivity index (χ0) is 19.6. The molecule has 3 amide bonds. The summed E-state index contributed by atoms with van der Waals surface area (Å²) in [6.07, 6.45) is 2.45. The van der Waals surface area contributed by atoms with E-state index in [-0.39, 0.29) is 28.5 Å². The van der Waals surface area contributed by atoms with Crippen molar-refractivity contribution in [2.75, 3.05) is 24.7 Å². The van der Waals surface area contributed by atoms with Gasteiger partial charge in [-0.15, -0.1) is 0 Å². The summed E-state index contributed by atoms with van der Waals surface area (Å²) in [5, 5.41) is 5.18. The van der Waals surface area contributed by atoms with E-state index in [2.05, 4.69) is 20.6 Å². The first-order chi connectivity index (χ1) is 12.8. The van der Waals surface area contributed by atoms with Gasteiger partial charge in [-0.25, -0.2) is 4.98 Å². The SMILES string of the molecule is Cc1nc(NC(=O)c2coc(NC(=O)c3ccco3)n2)sc1C(=O)N(C)C. The van der Waals surface area contributed by atoms with Gasteiger partial charge in [0.15, 0.2) is 16.6 Å². The average molecular weight is 389 g/mol. The topological polar surface area (TPSA) is 131 Å². The molecule has 0 aliphatic rings. The van der Waals surface area contributed by atoms with Crippen LogP contribution in [-0.4, -0.2) is 46.7 Å². The summed E-state index contributed by atoms with van der Waals surface area (Å²) in [7, 11) is 3.27. The standard InChI is InChI=1S/C16H15N5O5S/c1-8-11(14(24)21(2)3)27-16(17-8)20-12(22)9-7-26-15(18-9)19-13(23)10-5-4-6-25-10/h4-7H,1-3H3,(H,17,20,22)(H,18,19,23). The normalized spacial score (nSPS) is 10.5. The number of anilines is 2. The molecule has 0 fully saturated rings. The van der Waals surface area contributed by atoms with Crippen molar-refractivity contribution in [2.45, 2.75) is 6.92 Å². The van der Waals surface area contributed by atoms with E-state index in [0.29, 0.717) is 10.6 Å². The van der Waals surface area contributed by atoms with Crippen LogP contribution in [0.4, 0.5) is 11.1 Å². The summed E-state index contributed by atoms with van der Waals surface area (Å²) in [5.41, 5.74) is 0.457. The molecule has 0 saturated heterocycles. The number of aryl methyl sites for hydroxylation is 1. The lowest BCUT2D eigenvalue weighted by atomic mass is 10.3. The highest BCUT2D eigenvalue weighted by Gasteiger charge is 2.20. The third-order valence-electron chi connectivity index (χ3n) is 3.32. The van der Waals surface area contributed by atoms with E-state index in [1.54, 1.807) is 27.1 Å². The number of nitrogens with one attached hydrogen (secondary N) is 2. The number of rotatable bonds is 5. The van der Waals surface area contributed by atoms with Crippen LogP contribution in [0.25, 0.3) is 0 Å². The molecule has 0 radical (unpaired) electrons. The highest BCUT2D eigenvalue weighted by Crippen LogP contribution is 2.24. The molecular weight excluding hydrogens is 374 g/mol. The molecule has 27 heavy (non-hydrogen) atoms. The van der Waals surface area contributed by atoms with E-state index in [4.69, 9.17) is 8.83 Å². The van der Waals surface area contributed by atoms with E-state index in [1.807, 2.05) is 0 Å². The Bertz CT molecular complexity index is 989. The van der Waals surface area contributed by atoms with Crippen LogP contribution in [0, 0.1) is 6.92 Å². The van der Waals surface area contributed by atoms with Crippen molar-refractivity contribution >= 4 is 40.2 Å². The van der Waals surface area contributed by atoms with Gasteiger partial charge in [0.2, 0.25) is 0 Å². The first-order valence-corrected chi connectivity index (χ1v) is 8.47. The van der Waals surface area contributed by atoms with Crippen molar-refractivity contribution in [2.24, 2.45) is 0 Å². The summed E-state index contributed by atoms with van der Waals surface area (Å²) in [5.74, 6) is -1.27. The zero-order valence-electron chi connectivity index (χ0n) is 14.6. The summed E-state index contributed by atoms with van der Waals surface area (Å²) < 4.78 is 10.0. The molecule has 10 nitrogen and oxygen atoms in total. The molecule has 0 atom stereocenters. The van der Waals surface area contributed by atoms with Crippen LogP contribution in [0.15, 0.2) is 33.5 Å². The number of hydrogen-bond donors (Lipinski definition) is 2. The molecule has 0 unspecified atom stereocenters. The first-order valence-electron chi connectivity index (χ1n) is 7.66. The maximum atomic E-state index is 12.3. The predicted molar refractivity (Wildman–Crippen MR) is 96.0 cm³/mol. The van der Waals surface area contributed by atoms with Crippen molar-refractivity contribution in [1.82, 2.24) is 14.9 Å². The Labute approximate surface area is 157 Å². The summed E-state index contributed by atoms with van der Waals surface area (Å²) in [6, 6.07) is 2.89. The van der Waals surface area contributed by atoms with Crippen LogP contribution in [0.1, 0.15) is 36.4 Å². The minimum atomic E-state index is -0.588. The Balaban J connectivity index is 1.67. The maximum absolute atomic E-state index is 12.3. The number of furan rings is 1. The van der Waals surface area contributed by atoms with Crippen LogP contribution in [0.5, 0.6) is 0 Å². The second-order valence-electron chi connectivity index (χ2n) is 5.56. The van der Waals surface area contributed by atoms with Gasteiger partial charge in [-0.05, 0) is 19.1 Å². The quantitative estimate of drug-likeness (QED) is 0.684. The van der Waals surface area contributed by atoms with Crippen LogP contribution < -0.4 is 10.6 Å². The van der Waals surface area contributed by atoms with Crippen LogP contribution in [0.2, 0.25) is 0 Å². The molecule has 0 spiro atoms. The second-order valence-corrected chi connectivity index (χ2v) is 6.56. The van der Waals surface area contributed by atoms with Crippen LogP contribution in [0.3, 0.4) is 0 Å². The number of nitrogens with zero attached hydrogens (tertiary/aromatic N) is 3. The Morgan fingerprint density at radius 3 is 2.56 bits per heavy atom. The average Bonchev–Trinajstić information content (AvgIpc) is 3.34. The third-order valence-corrected chi connectivity index (χ3v) is 4.38. The fourth-order valence-electron chi connectivity index (χ4n) is 2.01. The fourth-order valence-corrected chi connectivity index (χ4v) is 3.00. The summed E-state index contributed by atoms with van der Waals surface area (Å²) in [6.45, 7) is 1.68. The van der Waals surface area contributed by atoms with Crippen molar-refractivity contribution in [1.29, 1.82) is 0 Å². The highest BCUT2D eigenvalue weighted by molar-refractivity contribution is 7.17. The van der Waals surface area contributed by atoms with Gasteiger partial charge < -0.3 is 13.7 Å². The van der Waals surface area contributed by atoms with Crippen LogP contribution in [-0.2, 0) is 0 Å². The molecule has 3 aromatic heterocycles. The number of hydrogen-bond acceptors (Lipinski definition) is 8. The van der Waals surface area contributed by atoms with Gasteiger partial charge in [0.25, 0.3) is 17.7 Å². The fraction of sp³-hybridized carbons (Fsp3) is 0.188. The Morgan fingerprint density at radius 2 is 1.89 bits per heavy atom. The third kappa shape index (κ3) is 4.03. The number of carbonyl (C=O) groups excluding carboxylic acids is 3. The van der Waals surface area contributed by atoms with E-state index in [9.17, 15) is 14.4 Å². The molecule has 3 heterocycles. The Kier molecular flexibility index (Phi) is 5.03. The van der Waals surface area contributed by atoms with Gasteiger partial charge in [-0.1, -0.05) is 11.3 Å². The summed E-state index contributed by atoms with van der Waals surface area (Å²) >= 11 is 1.06. The molecule has 3 rings (SSSR count). The number of thiazole rings is 1. The molecule has 0 aliphatic carbocycles. The molecular formula is C16H15N5O5S. The maximum Gasteiger partial charge on any atom is 0.302 e. The number of amides is 3. The van der Waals surface area contributed by atoms with Gasteiger partial charge in [-0.3, -0.25) is 25.0 Å². The van der Waals surface area contributed by atoms with Crippen molar-refractivity contribution in [3.8, 4) is 0 Å². The number of oxazole rings is 1. The van der Waals surface area contributed by atoms with Gasteiger partial charge >= 0.3 is 6.01 Å². The molecule has 2 N–H and O–H groups in total. The molecule has 11 heteroatoms. The van der Waals surface area contributed by atoms with Crippen LogP contribution >= 0.6 is 11.3 Å².